The van der Waals surface area contributed by atoms with Gasteiger partial charge >= 0.3 is 5.97 Å². The molecule has 0 amide bonds. The molecule has 0 aromatic carbocycles. The fourth-order valence-electron chi connectivity index (χ4n) is 1.29. The molecule has 1 heterocycles. The van der Waals surface area contributed by atoms with Crippen molar-refractivity contribution in [2.45, 2.75) is 33.7 Å². The fraction of sp³-hybridized carbons (Fsp3) is 0.545. The van der Waals surface area contributed by atoms with E-state index in [2.05, 4.69) is 11.2 Å². The Morgan fingerprint density at radius 3 is 2.75 bits per heavy atom. The van der Waals surface area contributed by atoms with Crippen molar-refractivity contribution in [2.75, 3.05) is 0 Å². The molecule has 0 radical (unpaired) electrons. The molecule has 0 saturated carbocycles. The number of nitrogens with zero attached hydrogens (tertiary/aromatic N) is 3. The first-order valence-corrected chi connectivity index (χ1v) is 5.04. The van der Waals surface area contributed by atoms with E-state index in [4.69, 9.17) is 10.4 Å². The van der Waals surface area contributed by atoms with Crippen molar-refractivity contribution < 1.29 is 9.90 Å². The summed E-state index contributed by atoms with van der Waals surface area (Å²) in [4.78, 5) is 10.8. The van der Waals surface area contributed by atoms with Crippen LogP contribution in [0.15, 0.2) is 6.20 Å². The van der Waals surface area contributed by atoms with Gasteiger partial charge in [0.2, 0.25) is 0 Å². The highest BCUT2D eigenvalue weighted by atomic mass is 16.4. The van der Waals surface area contributed by atoms with E-state index in [9.17, 15) is 4.79 Å². The van der Waals surface area contributed by atoms with Crippen LogP contribution in [-0.2, 0) is 6.54 Å². The third-order valence-corrected chi connectivity index (χ3v) is 2.45. The Hall–Kier alpha value is -1.83. The predicted octanol–water partition coefficient (Wildman–Crippen LogP) is 1.83. The number of aryl methyl sites for hydroxylation is 2. The molecule has 1 aromatic rings. The first-order chi connectivity index (χ1) is 7.35. The molecule has 0 saturated heterocycles. The lowest BCUT2D eigenvalue weighted by Crippen LogP contribution is -2.12. The summed E-state index contributed by atoms with van der Waals surface area (Å²) in [5.41, 5.74) is 0.306. The van der Waals surface area contributed by atoms with Crippen LogP contribution in [0.25, 0.3) is 0 Å². The molecule has 16 heavy (non-hydrogen) atoms. The zero-order chi connectivity index (χ0) is 12.3. The van der Waals surface area contributed by atoms with Gasteiger partial charge in [0.15, 0.2) is 0 Å². The van der Waals surface area contributed by atoms with Crippen molar-refractivity contribution in [2.24, 2.45) is 5.41 Å². The highest BCUT2D eigenvalue weighted by molar-refractivity contribution is 5.88. The molecule has 1 N–H and O–H groups in total. The number of rotatable bonds is 4. The van der Waals surface area contributed by atoms with Crippen molar-refractivity contribution in [1.29, 1.82) is 5.26 Å². The topological polar surface area (TPSA) is 78.9 Å². The zero-order valence-corrected chi connectivity index (χ0v) is 9.69. The summed E-state index contributed by atoms with van der Waals surface area (Å²) in [6.07, 6.45) is 2.15. The monoisotopic (exact) mass is 221 g/mol. The smallest absolute Gasteiger partial charge is 0.339 e. The van der Waals surface area contributed by atoms with Gasteiger partial charge in [0.25, 0.3) is 0 Å². The van der Waals surface area contributed by atoms with Gasteiger partial charge < -0.3 is 5.11 Å². The summed E-state index contributed by atoms with van der Waals surface area (Å²) < 4.78 is 1.58. The second-order valence-electron chi connectivity index (χ2n) is 4.44. The number of aromatic carboxylic acids is 1. The van der Waals surface area contributed by atoms with Gasteiger partial charge in [-0.1, -0.05) is 0 Å². The van der Waals surface area contributed by atoms with Crippen LogP contribution in [0.1, 0.15) is 36.3 Å². The van der Waals surface area contributed by atoms with Gasteiger partial charge in [0.05, 0.1) is 17.2 Å². The zero-order valence-electron chi connectivity index (χ0n) is 9.69. The Morgan fingerprint density at radius 2 is 2.31 bits per heavy atom. The van der Waals surface area contributed by atoms with E-state index in [1.807, 2.05) is 13.8 Å². The second-order valence-corrected chi connectivity index (χ2v) is 4.44. The molecule has 0 spiro atoms. The number of nitriles is 1. The number of hydrogen-bond donors (Lipinski definition) is 1. The molecular formula is C11H15N3O2. The quantitative estimate of drug-likeness (QED) is 0.841. The molecule has 0 aliphatic rings. The average Bonchev–Trinajstić information content (AvgIpc) is 2.57. The number of carboxylic acids is 1. The summed E-state index contributed by atoms with van der Waals surface area (Å²) in [5, 5.41) is 21.8. The van der Waals surface area contributed by atoms with E-state index in [1.165, 1.54) is 6.20 Å². The van der Waals surface area contributed by atoms with Crippen LogP contribution in [-0.4, -0.2) is 20.9 Å². The van der Waals surface area contributed by atoms with E-state index in [1.54, 1.807) is 11.6 Å². The Kier molecular flexibility index (Phi) is 3.33. The predicted molar refractivity (Wildman–Crippen MR) is 57.9 cm³/mol. The molecule has 0 bridgehead atoms. The molecule has 5 heteroatoms. The van der Waals surface area contributed by atoms with Crippen LogP contribution in [0, 0.1) is 23.7 Å². The van der Waals surface area contributed by atoms with Gasteiger partial charge in [0, 0.05) is 12.7 Å². The fourth-order valence-corrected chi connectivity index (χ4v) is 1.29. The molecule has 0 aliphatic carbocycles. The minimum atomic E-state index is -0.969. The first-order valence-electron chi connectivity index (χ1n) is 5.04. The van der Waals surface area contributed by atoms with Crippen LogP contribution in [0.3, 0.4) is 0 Å². The highest BCUT2D eigenvalue weighted by Crippen LogP contribution is 2.19. The van der Waals surface area contributed by atoms with Crippen molar-refractivity contribution >= 4 is 5.97 Å². The average molecular weight is 221 g/mol. The Balaban J connectivity index is 2.74. The number of hydrogen-bond acceptors (Lipinski definition) is 3. The molecule has 86 valence electrons. The molecular weight excluding hydrogens is 206 g/mol. The van der Waals surface area contributed by atoms with Crippen LogP contribution < -0.4 is 0 Å². The first kappa shape index (κ1) is 12.2. The lowest BCUT2D eigenvalue weighted by atomic mass is 9.92. The Morgan fingerprint density at radius 1 is 1.69 bits per heavy atom. The molecule has 0 atom stereocenters. The molecule has 0 unspecified atom stereocenters. The summed E-state index contributed by atoms with van der Waals surface area (Å²) >= 11 is 0. The summed E-state index contributed by atoms with van der Waals surface area (Å²) in [7, 11) is 0. The van der Waals surface area contributed by atoms with Crippen molar-refractivity contribution in [3.8, 4) is 6.07 Å². The second kappa shape index (κ2) is 4.35. The highest BCUT2D eigenvalue weighted by Gasteiger charge is 2.18. The minimum absolute atomic E-state index is 0.217. The maximum absolute atomic E-state index is 10.8. The Labute approximate surface area is 94.3 Å². The lowest BCUT2D eigenvalue weighted by Gasteiger charge is -2.14. The molecule has 1 rings (SSSR count). The Bertz CT molecular complexity index is 441. The van der Waals surface area contributed by atoms with E-state index in [0.29, 0.717) is 18.7 Å². The third kappa shape index (κ3) is 2.83. The molecule has 0 aliphatic heterocycles. The van der Waals surface area contributed by atoms with Gasteiger partial charge in [-0.3, -0.25) is 4.68 Å². The van der Waals surface area contributed by atoms with Crippen LogP contribution in [0.2, 0.25) is 0 Å². The number of carbonyl (C=O) groups is 1. The van der Waals surface area contributed by atoms with Crippen molar-refractivity contribution in [3.05, 3.63) is 17.5 Å². The minimum Gasteiger partial charge on any atom is -0.478 e. The van der Waals surface area contributed by atoms with Gasteiger partial charge in [-0.05, 0) is 27.2 Å². The van der Waals surface area contributed by atoms with E-state index in [0.717, 1.165) is 0 Å². The van der Waals surface area contributed by atoms with Gasteiger partial charge in [0.1, 0.15) is 5.56 Å². The van der Waals surface area contributed by atoms with Crippen molar-refractivity contribution in [1.82, 2.24) is 9.78 Å². The lowest BCUT2D eigenvalue weighted by molar-refractivity contribution is 0.0696. The summed E-state index contributed by atoms with van der Waals surface area (Å²) in [5.74, 6) is -0.969. The maximum atomic E-state index is 10.8. The van der Waals surface area contributed by atoms with E-state index in [-0.39, 0.29) is 5.56 Å². The largest absolute Gasteiger partial charge is 0.478 e. The maximum Gasteiger partial charge on any atom is 0.339 e. The standard InChI is InChI=1S/C11H15N3O2/c1-8-9(10(15)16)6-14(13-8)5-4-11(2,3)7-12/h6H,4-5H2,1-3H3,(H,15,16). The third-order valence-electron chi connectivity index (χ3n) is 2.45. The normalized spacial score (nSPS) is 11.1. The van der Waals surface area contributed by atoms with Gasteiger partial charge in [-0.15, -0.1) is 0 Å². The molecule has 0 fully saturated rings. The molecule has 1 aromatic heterocycles. The van der Waals surface area contributed by atoms with Crippen LogP contribution in [0.5, 0.6) is 0 Å². The van der Waals surface area contributed by atoms with Gasteiger partial charge in [-0.2, -0.15) is 10.4 Å². The van der Waals surface area contributed by atoms with E-state index >= 15 is 0 Å². The molecule has 5 nitrogen and oxygen atoms in total. The van der Waals surface area contributed by atoms with Crippen LogP contribution >= 0.6 is 0 Å². The number of aromatic nitrogens is 2. The number of carboxylic acid groups (broad SMARTS) is 1. The van der Waals surface area contributed by atoms with E-state index < -0.39 is 11.4 Å². The summed E-state index contributed by atoms with van der Waals surface area (Å²) in [6, 6.07) is 2.20. The van der Waals surface area contributed by atoms with Crippen LogP contribution in [0.4, 0.5) is 0 Å². The SMILES string of the molecule is Cc1nn(CCC(C)(C)C#N)cc1C(=O)O. The van der Waals surface area contributed by atoms with Gasteiger partial charge in [-0.25, -0.2) is 4.79 Å². The van der Waals surface area contributed by atoms with Crippen molar-refractivity contribution in [3.63, 3.8) is 0 Å². The summed E-state index contributed by atoms with van der Waals surface area (Å²) in [6.45, 7) is 5.91.